The Bertz CT molecular complexity index is 1220. The topological polar surface area (TPSA) is 117 Å². The molecule has 0 unspecified atom stereocenters. The van der Waals surface area contributed by atoms with Gasteiger partial charge >= 0.3 is 0 Å². The summed E-state index contributed by atoms with van der Waals surface area (Å²) in [6.45, 7) is 0.624. The number of aromatic nitrogens is 2. The Morgan fingerprint density at radius 1 is 1.17 bits per heavy atom. The quantitative estimate of drug-likeness (QED) is 0.395. The van der Waals surface area contributed by atoms with E-state index in [4.69, 9.17) is 4.74 Å². The molecule has 35 heavy (non-hydrogen) atoms. The Kier molecular flexibility index (Phi) is 7.19. The van der Waals surface area contributed by atoms with E-state index in [1.165, 1.54) is 11.8 Å². The van der Waals surface area contributed by atoms with Crippen molar-refractivity contribution in [3.05, 3.63) is 53.9 Å². The lowest BCUT2D eigenvalue weighted by Crippen LogP contribution is -2.37. The summed E-state index contributed by atoms with van der Waals surface area (Å²) in [6, 6.07) is 11.7. The van der Waals surface area contributed by atoms with Gasteiger partial charge in [-0.2, -0.15) is 0 Å². The van der Waals surface area contributed by atoms with Crippen LogP contribution in [0.25, 0.3) is 10.9 Å². The molecule has 0 saturated heterocycles. The lowest BCUT2D eigenvalue weighted by molar-refractivity contribution is -0.113. The zero-order chi connectivity index (χ0) is 24.4. The van der Waals surface area contributed by atoms with Crippen LogP contribution in [-0.2, 0) is 11.3 Å². The summed E-state index contributed by atoms with van der Waals surface area (Å²) in [7, 11) is 1.60. The van der Waals surface area contributed by atoms with E-state index < -0.39 is 12.2 Å². The largest absolute Gasteiger partial charge is 0.494 e. The van der Waals surface area contributed by atoms with Crippen molar-refractivity contribution < 1.29 is 19.7 Å². The third-order valence-electron chi connectivity index (χ3n) is 6.99. The zero-order valence-corrected chi connectivity index (χ0v) is 20.4. The van der Waals surface area contributed by atoms with E-state index in [1.54, 1.807) is 19.4 Å². The minimum atomic E-state index is -0.991. The van der Waals surface area contributed by atoms with Crippen LogP contribution in [0.4, 0.5) is 5.82 Å². The molecule has 1 saturated carbocycles. The summed E-state index contributed by atoms with van der Waals surface area (Å²) in [5.41, 5.74) is 2.25. The van der Waals surface area contributed by atoms with Gasteiger partial charge in [-0.05, 0) is 61.4 Å². The summed E-state index contributed by atoms with van der Waals surface area (Å²) in [4.78, 5) is 21.6. The highest BCUT2D eigenvalue weighted by atomic mass is 32.2. The second-order valence-corrected chi connectivity index (χ2v) is 10.2. The van der Waals surface area contributed by atoms with Crippen LogP contribution in [0.5, 0.6) is 5.75 Å². The lowest BCUT2D eigenvalue weighted by Gasteiger charge is -2.34. The van der Waals surface area contributed by atoms with Crippen LogP contribution >= 0.6 is 11.8 Å². The van der Waals surface area contributed by atoms with Crippen LogP contribution in [0, 0.1) is 5.92 Å². The minimum Gasteiger partial charge on any atom is -0.494 e. The van der Waals surface area contributed by atoms with E-state index in [0.717, 1.165) is 41.7 Å². The predicted octanol–water partition coefficient (Wildman–Crippen LogP) is 3.43. The molecule has 3 heterocycles. The Labute approximate surface area is 208 Å². The number of nitrogens with one attached hydrogen (secondary N) is 2. The number of anilines is 1. The number of methoxy groups -OCH3 is 1. The molecule has 1 aromatic carbocycles. The standard InChI is InChI=1S/C26H30N4O4S/c1-34-20-4-2-3-18-19(11-12-27-23(18)20)25(33)24(32)15-5-7-16(8-6-15)28-13-17-9-10-21-26(29-17)30-22(31)14-35-21/h2-4,9-12,15-16,24-25,28,32-33H,5-8,13-14H2,1H3,(H,29,30,31)/t15?,16?,24-,25-/m1/s1. The van der Waals surface area contributed by atoms with Gasteiger partial charge in [0.15, 0.2) is 0 Å². The first-order valence-corrected chi connectivity index (χ1v) is 13.0. The monoisotopic (exact) mass is 494 g/mol. The van der Waals surface area contributed by atoms with Crippen molar-refractivity contribution in [3.63, 3.8) is 0 Å². The van der Waals surface area contributed by atoms with Crippen molar-refractivity contribution in [2.45, 2.75) is 55.4 Å². The van der Waals surface area contributed by atoms with Crippen LogP contribution in [0.15, 0.2) is 47.5 Å². The number of carbonyl (C=O) groups excluding carboxylic acids is 1. The molecule has 0 bridgehead atoms. The fraction of sp³-hybridized carbons (Fsp3) is 0.423. The third kappa shape index (κ3) is 5.13. The van der Waals surface area contributed by atoms with E-state index in [9.17, 15) is 15.0 Å². The molecular formula is C26H30N4O4S. The smallest absolute Gasteiger partial charge is 0.235 e. The highest BCUT2D eigenvalue weighted by molar-refractivity contribution is 8.00. The Hall–Kier alpha value is -2.72. The molecule has 1 amide bonds. The molecule has 9 heteroatoms. The maximum Gasteiger partial charge on any atom is 0.235 e. The molecule has 1 aliphatic carbocycles. The molecule has 184 valence electrons. The van der Waals surface area contributed by atoms with Gasteiger partial charge in [-0.3, -0.25) is 9.78 Å². The van der Waals surface area contributed by atoms with Gasteiger partial charge < -0.3 is 25.6 Å². The molecular weight excluding hydrogens is 464 g/mol. The number of carbonyl (C=O) groups is 1. The zero-order valence-electron chi connectivity index (χ0n) is 19.6. The number of fused-ring (bicyclic) bond motifs is 2. The van der Waals surface area contributed by atoms with Crippen LogP contribution in [0.2, 0.25) is 0 Å². The number of ether oxygens (including phenoxy) is 1. The molecule has 8 nitrogen and oxygen atoms in total. The van der Waals surface area contributed by atoms with Gasteiger partial charge in [0.1, 0.15) is 23.2 Å². The normalized spacial score (nSPS) is 21.7. The van der Waals surface area contributed by atoms with Crippen molar-refractivity contribution in [1.82, 2.24) is 15.3 Å². The number of amides is 1. The number of nitrogens with zero attached hydrogens (tertiary/aromatic N) is 2. The number of pyridine rings is 2. The van der Waals surface area contributed by atoms with E-state index in [0.29, 0.717) is 41.0 Å². The molecule has 0 radical (unpaired) electrons. The summed E-state index contributed by atoms with van der Waals surface area (Å²) < 4.78 is 5.40. The fourth-order valence-corrected chi connectivity index (χ4v) is 5.81. The summed E-state index contributed by atoms with van der Waals surface area (Å²) in [5, 5.41) is 29.3. The third-order valence-corrected chi connectivity index (χ3v) is 8.04. The van der Waals surface area contributed by atoms with Crippen LogP contribution in [0.1, 0.15) is 43.0 Å². The fourth-order valence-electron chi connectivity index (χ4n) is 5.05. The van der Waals surface area contributed by atoms with Gasteiger partial charge in [0, 0.05) is 24.2 Å². The first kappa shape index (κ1) is 24.0. The van der Waals surface area contributed by atoms with Gasteiger partial charge in [0.25, 0.3) is 0 Å². The number of benzene rings is 1. The SMILES string of the molecule is COc1cccc2c([C@@H](O)[C@H](O)C3CCC(NCc4ccc5c(n4)NC(=O)CS5)CC3)ccnc12. The number of hydrogen-bond acceptors (Lipinski definition) is 8. The Morgan fingerprint density at radius 3 is 2.80 bits per heavy atom. The van der Waals surface area contributed by atoms with Gasteiger partial charge in [0.2, 0.25) is 5.91 Å². The molecule has 1 fully saturated rings. The summed E-state index contributed by atoms with van der Waals surface area (Å²) >= 11 is 1.51. The van der Waals surface area contributed by atoms with Crippen LogP contribution in [0.3, 0.4) is 0 Å². The minimum absolute atomic E-state index is 0.0157. The van der Waals surface area contributed by atoms with Crippen molar-refractivity contribution in [3.8, 4) is 5.75 Å². The predicted molar refractivity (Wildman–Crippen MR) is 135 cm³/mol. The maximum absolute atomic E-state index is 11.6. The number of hydrogen-bond donors (Lipinski definition) is 4. The van der Waals surface area contributed by atoms with Gasteiger partial charge in [0.05, 0.1) is 29.6 Å². The number of rotatable bonds is 7. The number of aliphatic hydroxyl groups is 2. The van der Waals surface area contributed by atoms with Crippen LogP contribution in [-0.4, -0.2) is 51.1 Å². The average Bonchev–Trinajstić information content (AvgIpc) is 2.90. The molecule has 2 aliphatic rings. The molecule has 1 aliphatic heterocycles. The molecule has 2 atom stereocenters. The van der Waals surface area contributed by atoms with Crippen LogP contribution < -0.4 is 15.4 Å². The number of para-hydroxylation sites is 1. The van der Waals surface area contributed by atoms with E-state index in [1.807, 2.05) is 30.3 Å². The number of thioether (sulfide) groups is 1. The van der Waals surface area contributed by atoms with E-state index in [-0.39, 0.29) is 11.8 Å². The van der Waals surface area contributed by atoms with Crippen molar-refractivity contribution in [2.24, 2.45) is 5.92 Å². The molecule has 0 spiro atoms. The second-order valence-electron chi connectivity index (χ2n) is 9.17. The average molecular weight is 495 g/mol. The Morgan fingerprint density at radius 2 is 2.00 bits per heavy atom. The van der Waals surface area contributed by atoms with Crippen molar-refractivity contribution in [1.29, 1.82) is 0 Å². The van der Waals surface area contributed by atoms with Crippen molar-refractivity contribution in [2.75, 3.05) is 18.2 Å². The highest BCUT2D eigenvalue weighted by Crippen LogP contribution is 2.36. The molecule has 2 aromatic heterocycles. The molecule has 5 rings (SSSR count). The van der Waals surface area contributed by atoms with E-state index >= 15 is 0 Å². The molecule has 4 N–H and O–H groups in total. The summed E-state index contributed by atoms with van der Waals surface area (Å²) in [6.07, 6.45) is 3.29. The first-order valence-electron chi connectivity index (χ1n) is 12.0. The van der Waals surface area contributed by atoms with Gasteiger partial charge in [-0.25, -0.2) is 4.98 Å². The van der Waals surface area contributed by atoms with Gasteiger partial charge in [-0.1, -0.05) is 12.1 Å². The van der Waals surface area contributed by atoms with Crippen molar-refractivity contribution >= 4 is 34.4 Å². The first-order chi connectivity index (χ1) is 17.0. The Balaban J connectivity index is 1.17. The van der Waals surface area contributed by atoms with Gasteiger partial charge in [-0.15, -0.1) is 11.8 Å². The second kappa shape index (κ2) is 10.5. The highest BCUT2D eigenvalue weighted by Gasteiger charge is 2.32. The molecule has 3 aromatic rings. The maximum atomic E-state index is 11.6. The summed E-state index contributed by atoms with van der Waals surface area (Å²) in [5.74, 6) is 1.73. The van der Waals surface area contributed by atoms with E-state index in [2.05, 4.69) is 20.6 Å². The lowest BCUT2D eigenvalue weighted by atomic mass is 9.79. The number of aliphatic hydroxyl groups excluding tert-OH is 2.